The van der Waals surface area contributed by atoms with Gasteiger partial charge in [0.15, 0.2) is 0 Å². The summed E-state index contributed by atoms with van der Waals surface area (Å²) in [5.41, 5.74) is 2.73. The van der Waals surface area contributed by atoms with Crippen LogP contribution in [-0.4, -0.2) is 11.0 Å². The normalized spacial score (nSPS) is 11.9. The van der Waals surface area contributed by atoms with E-state index in [1.165, 1.54) is 0 Å². The largest absolute Gasteiger partial charge is 0.508 e. The van der Waals surface area contributed by atoms with Crippen molar-refractivity contribution in [3.63, 3.8) is 0 Å². The van der Waals surface area contributed by atoms with Gasteiger partial charge in [-0.15, -0.1) is 0 Å². The number of benzene rings is 2. The molecule has 1 unspecified atom stereocenters. The molecule has 19 heavy (non-hydrogen) atoms. The van der Waals surface area contributed by atoms with E-state index in [4.69, 9.17) is 0 Å². The van der Waals surface area contributed by atoms with Gasteiger partial charge in [-0.05, 0) is 43.7 Å². The van der Waals surface area contributed by atoms with Crippen molar-refractivity contribution in [2.24, 2.45) is 0 Å². The van der Waals surface area contributed by atoms with Crippen LogP contribution in [-0.2, 0) is 0 Å². The molecule has 2 rings (SSSR count). The van der Waals surface area contributed by atoms with Crippen LogP contribution < -0.4 is 5.32 Å². The number of phenolic OH excluding ortho intramolecular Hbond substituents is 1. The molecule has 0 aliphatic rings. The number of carbonyl (C=O) groups is 1. The molecular weight excluding hydrogens is 238 g/mol. The lowest BCUT2D eigenvalue weighted by Crippen LogP contribution is -2.26. The Bertz CT molecular complexity index is 558. The fourth-order valence-corrected chi connectivity index (χ4v) is 1.83. The Labute approximate surface area is 112 Å². The molecule has 0 radical (unpaired) electrons. The summed E-state index contributed by atoms with van der Waals surface area (Å²) in [5, 5.41) is 12.2. The number of aromatic hydroxyl groups is 1. The van der Waals surface area contributed by atoms with Gasteiger partial charge in [0, 0.05) is 5.56 Å². The predicted molar refractivity (Wildman–Crippen MR) is 75.2 cm³/mol. The molecule has 3 nitrogen and oxygen atoms in total. The van der Waals surface area contributed by atoms with Crippen molar-refractivity contribution in [1.82, 2.24) is 5.32 Å². The molecule has 2 aromatic rings. The third-order valence-electron chi connectivity index (χ3n) is 3.05. The van der Waals surface area contributed by atoms with E-state index in [0.717, 1.165) is 11.1 Å². The smallest absolute Gasteiger partial charge is 0.251 e. The van der Waals surface area contributed by atoms with E-state index in [1.807, 2.05) is 38.1 Å². The van der Waals surface area contributed by atoms with Gasteiger partial charge in [0.25, 0.3) is 5.91 Å². The summed E-state index contributed by atoms with van der Waals surface area (Å²) in [6.45, 7) is 3.90. The Morgan fingerprint density at radius 3 is 2.21 bits per heavy atom. The van der Waals surface area contributed by atoms with Crippen molar-refractivity contribution in [2.75, 3.05) is 0 Å². The van der Waals surface area contributed by atoms with E-state index < -0.39 is 0 Å². The molecule has 0 aliphatic carbocycles. The van der Waals surface area contributed by atoms with Gasteiger partial charge in [-0.1, -0.05) is 29.8 Å². The number of carbonyl (C=O) groups excluding carboxylic acids is 1. The Morgan fingerprint density at radius 1 is 1.05 bits per heavy atom. The van der Waals surface area contributed by atoms with Crippen molar-refractivity contribution < 1.29 is 9.90 Å². The SMILES string of the molecule is Cc1ccc(C(=O)NC(C)c2ccc(O)cc2)cc1. The van der Waals surface area contributed by atoms with Gasteiger partial charge in [-0.25, -0.2) is 0 Å². The lowest BCUT2D eigenvalue weighted by atomic mass is 10.1. The number of hydrogen-bond donors (Lipinski definition) is 2. The van der Waals surface area contributed by atoms with Crippen LogP contribution in [0.1, 0.15) is 34.5 Å². The second-order valence-electron chi connectivity index (χ2n) is 4.65. The summed E-state index contributed by atoms with van der Waals surface area (Å²) in [4.78, 5) is 12.0. The van der Waals surface area contributed by atoms with Gasteiger partial charge in [0.1, 0.15) is 5.75 Å². The van der Waals surface area contributed by atoms with Crippen molar-refractivity contribution in [3.8, 4) is 5.75 Å². The van der Waals surface area contributed by atoms with Gasteiger partial charge in [0.05, 0.1) is 6.04 Å². The van der Waals surface area contributed by atoms with Crippen LogP contribution >= 0.6 is 0 Å². The molecule has 0 aromatic heterocycles. The van der Waals surface area contributed by atoms with Crippen LogP contribution in [0.4, 0.5) is 0 Å². The van der Waals surface area contributed by atoms with Gasteiger partial charge >= 0.3 is 0 Å². The van der Waals surface area contributed by atoms with E-state index in [0.29, 0.717) is 5.56 Å². The highest BCUT2D eigenvalue weighted by Crippen LogP contribution is 2.17. The number of nitrogens with one attached hydrogen (secondary N) is 1. The summed E-state index contributed by atoms with van der Waals surface area (Å²) in [6, 6.07) is 14.2. The third-order valence-corrected chi connectivity index (χ3v) is 3.05. The monoisotopic (exact) mass is 255 g/mol. The first kappa shape index (κ1) is 13.1. The highest BCUT2D eigenvalue weighted by Gasteiger charge is 2.11. The van der Waals surface area contributed by atoms with Crippen molar-refractivity contribution in [3.05, 3.63) is 65.2 Å². The molecular formula is C16H17NO2. The first-order chi connectivity index (χ1) is 9.06. The number of phenols is 1. The zero-order valence-corrected chi connectivity index (χ0v) is 11.1. The van der Waals surface area contributed by atoms with Crippen LogP contribution in [0.15, 0.2) is 48.5 Å². The van der Waals surface area contributed by atoms with Crippen molar-refractivity contribution in [2.45, 2.75) is 19.9 Å². The molecule has 0 saturated heterocycles. The molecule has 0 saturated carbocycles. The van der Waals surface area contributed by atoms with E-state index in [2.05, 4.69) is 5.32 Å². The van der Waals surface area contributed by atoms with Gasteiger partial charge in [-0.3, -0.25) is 4.79 Å². The van der Waals surface area contributed by atoms with Crippen LogP contribution in [0.2, 0.25) is 0 Å². The molecule has 1 atom stereocenters. The topological polar surface area (TPSA) is 49.3 Å². The van der Waals surface area contributed by atoms with Gasteiger partial charge < -0.3 is 10.4 Å². The summed E-state index contributed by atoms with van der Waals surface area (Å²) >= 11 is 0. The zero-order valence-electron chi connectivity index (χ0n) is 11.1. The van der Waals surface area contributed by atoms with E-state index in [1.54, 1.807) is 24.3 Å². The molecule has 98 valence electrons. The van der Waals surface area contributed by atoms with E-state index >= 15 is 0 Å². The average Bonchev–Trinajstić information content (AvgIpc) is 2.40. The Balaban J connectivity index is 2.06. The number of amides is 1. The third kappa shape index (κ3) is 3.35. The maximum atomic E-state index is 12.0. The van der Waals surface area contributed by atoms with E-state index in [9.17, 15) is 9.90 Å². The number of rotatable bonds is 3. The van der Waals surface area contributed by atoms with E-state index in [-0.39, 0.29) is 17.7 Å². The molecule has 2 aromatic carbocycles. The predicted octanol–water partition coefficient (Wildman–Crippen LogP) is 3.19. The maximum Gasteiger partial charge on any atom is 0.251 e. The minimum absolute atomic E-state index is 0.0967. The average molecular weight is 255 g/mol. The Hall–Kier alpha value is -2.29. The summed E-state index contributed by atoms with van der Waals surface area (Å²) in [6.07, 6.45) is 0. The standard InChI is InChI=1S/C16H17NO2/c1-11-3-5-14(6-4-11)16(19)17-12(2)13-7-9-15(18)10-8-13/h3-10,12,18H,1-2H3,(H,17,19). The highest BCUT2D eigenvalue weighted by molar-refractivity contribution is 5.94. The minimum atomic E-state index is -0.102. The minimum Gasteiger partial charge on any atom is -0.508 e. The molecule has 0 fully saturated rings. The lowest BCUT2D eigenvalue weighted by molar-refractivity contribution is 0.0940. The summed E-state index contributed by atoms with van der Waals surface area (Å²) in [5.74, 6) is 0.126. The quantitative estimate of drug-likeness (QED) is 0.885. The second kappa shape index (κ2) is 5.57. The fourth-order valence-electron chi connectivity index (χ4n) is 1.83. The summed E-state index contributed by atoms with van der Waals surface area (Å²) in [7, 11) is 0. The van der Waals surface area contributed by atoms with Crippen molar-refractivity contribution >= 4 is 5.91 Å². The van der Waals surface area contributed by atoms with Crippen LogP contribution in [0.5, 0.6) is 5.75 Å². The fraction of sp³-hybridized carbons (Fsp3) is 0.188. The van der Waals surface area contributed by atoms with Crippen LogP contribution in [0.3, 0.4) is 0 Å². The lowest BCUT2D eigenvalue weighted by Gasteiger charge is -2.14. The Morgan fingerprint density at radius 2 is 1.63 bits per heavy atom. The molecule has 2 N–H and O–H groups in total. The van der Waals surface area contributed by atoms with Crippen LogP contribution in [0.25, 0.3) is 0 Å². The molecule has 1 amide bonds. The van der Waals surface area contributed by atoms with Crippen LogP contribution in [0, 0.1) is 6.92 Å². The second-order valence-corrected chi connectivity index (χ2v) is 4.65. The van der Waals surface area contributed by atoms with Gasteiger partial charge in [-0.2, -0.15) is 0 Å². The number of aryl methyl sites for hydroxylation is 1. The zero-order chi connectivity index (χ0) is 13.8. The molecule has 0 heterocycles. The summed E-state index contributed by atoms with van der Waals surface area (Å²) < 4.78 is 0. The molecule has 3 heteroatoms. The maximum absolute atomic E-state index is 12.0. The molecule has 0 spiro atoms. The molecule has 0 bridgehead atoms. The first-order valence-corrected chi connectivity index (χ1v) is 6.23. The Kier molecular flexibility index (Phi) is 3.85. The highest BCUT2D eigenvalue weighted by atomic mass is 16.3. The number of hydrogen-bond acceptors (Lipinski definition) is 2. The van der Waals surface area contributed by atoms with Crippen molar-refractivity contribution in [1.29, 1.82) is 0 Å². The molecule has 0 aliphatic heterocycles. The van der Waals surface area contributed by atoms with Gasteiger partial charge in [0.2, 0.25) is 0 Å². The first-order valence-electron chi connectivity index (χ1n) is 6.23.